The number of hydrogen-bond acceptors (Lipinski definition) is 1. The van der Waals surface area contributed by atoms with Crippen LogP contribution >= 0.6 is 23.2 Å². The molecule has 1 fully saturated rings. The van der Waals surface area contributed by atoms with E-state index in [1.54, 1.807) is 0 Å². The van der Waals surface area contributed by atoms with E-state index >= 15 is 0 Å². The topological polar surface area (TPSA) is 12.5 Å². The molecule has 0 amide bonds. The maximum atomic E-state index is 11.9. The van der Waals surface area contributed by atoms with Crippen molar-refractivity contribution in [2.45, 2.75) is 23.0 Å². The Morgan fingerprint density at radius 3 is 2.09 bits per heavy atom. The summed E-state index contributed by atoms with van der Waals surface area (Å²) in [6.07, 6.45) is -5.39. The molecule has 11 heavy (non-hydrogen) atoms. The second-order valence-corrected chi connectivity index (χ2v) is 3.85. The van der Waals surface area contributed by atoms with E-state index in [0.717, 1.165) is 0 Å². The lowest BCUT2D eigenvalue weighted by Gasteiger charge is -2.21. The number of epoxide rings is 1. The molecule has 1 heterocycles. The van der Waals surface area contributed by atoms with E-state index in [0.29, 0.717) is 6.61 Å². The average molecular weight is 209 g/mol. The normalized spacial score (nSPS) is 25.4. The lowest BCUT2D eigenvalue weighted by Crippen LogP contribution is -2.35. The largest absolute Gasteiger partial charge is 0.421 e. The highest BCUT2D eigenvalue weighted by Crippen LogP contribution is 2.45. The third-order valence-electron chi connectivity index (χ3n) is 1.30. The first-order chi connectivity index (χ1) is 4.83. The Balaban J connectivity index is 2.49. The molecule has 1 aliphatic rings. The monoisotopic (exact) mass is 208 g/mol. The smallest absolute Gasteiger partial charge is 0.373 e. The van der Waals surface area contributed by atoms with Gasteiger partial charge in [-0.15, -0.1) is 0 Å². The summed E-state index contributed by atoms with van der Waals surface area (Å²) in [7, 11) is 0. The third-order valence-corrected chi connectivity index (χ3v) is 2.04. The highest BCUT2D eigenvalue weighted by molar-refractivity contribution is 6.49. The Kier molecular flexibility index (Phi) is 2.29. The second-order valence-electron chi connectivity index (χ2n) is 2.36. The van der Waals surface area contributed by atoms with Gasteiger partial charge in [-0.25, -0.2) is 0 Å². The zero-order valence-electron chi connectivity index (χ0n) is 5.29. The van der Waals surface area contributed by atoms with Gasteiger partial charge in [0.25, 0.3) is 0 Å². The minimum atomic E-state index is -4.58. The number of alkyl halides is 5. The molecule has 0 N–H and O–H groups in total. The van der Waals surface area contributed by atoms with E-state index in [4.69, 9.17) is 23.2 Å². The second kappa shape index (κ2) is 2.68. The Bertz CT molecular complexity index is 152. The zero-order valence-corrected chi connectivity index (χ0v) is 6.80. The molecule has 0 radical (unpaired) electrons. The van der Waals surface area contributed by atoms with Crippen LogP contribution in [0.15, 0.2) is 0 Å². The predicted octanol–water partition coefficient (Wildman–Crippen LogP) is 2.51. The summed E-state index contributed by atoms with van der Waals surface area (Å²) in [4.78, 5) is 0. The van der Waals surface area contributed by atoms with Crippen molar-refractivity contribution in [2.24, 2.45) is 0 Å². The summed E-state index contributed by atoms with van der Waals surface area (Å²) in [5.41, 5.74) is 0. The minimum absolute atomic E-state index is 0.317. The Hall–Kier alpha value is 0.330. The summed E-state index contributed by atoms with van der Waals surface area (Å²) in [5, 5.41) is 0. The molecule has 1 saturated heterocycles. The first-order valence-electron chi connectivity index (χ1n) is 2.89. The molecule has 1 unspecified atom stereocenters. The van der Waals surface area contributed by atoms with Crippen LogP contribution in [0.25, 0.3) is 0 Å². The van der Waals surface area contributed by atoms with Crippen molar-refractivity contribution in [3.05, 3.63) is 0 Å². The van der Waals surface area contributed by atoms with Gasteiger partial charge in [0, 0.05) is 6.42 Å². The van der Waals surface area contributed by atoms with Crippen LogP contribution in [0.5, 0.6) is 0 Å². The average Bonchev–Trinajstić information content (AvgIpc) is 2.45. The highest BCUT2D eigenvalue weighted by atomic mass is 35.5. The molecule has 0 saturated carbocycles. The lowest BCUT2D eigenvalue weighted by atomic mass is 10.2. The van der Waals surface area contributed by atoms with Crippen LogP contribution in [0, 0.1) is 0 Å². The van der Waals surface area contributed by atoms with Gasteiger partial charge in [-0.3, -0.25) is 0 Å². The summed E-state index contributed by atoms with van der Waals surface area (Å²) in [5.74, 6) is 0. The van der Waals surface area contributed by atoms with Gasteiger partial charge >= 0.3 is 6.18 Å². The summed E-state index contributed by atoms with van der Waals surface area (Å²) in [6.45, 7) is 0.317. The molecule has 66 valence electrons. The maximum Gasteiger partial charge on any atom is 0.421 e. The zero-order chi connectivity index (χ0) is 8.70. The molecule has 0 aromatic rings. The number of halogens is 5. The van der Waals surface area contributed by atoms with E-state index in [1.165, 1.54) is 0 Å². The molecule has 1 nitrogen and oxygen atoms in total. The van der Waals surface area contributed by atoms with E-state index < -0.39 is 16.6 Å². The fourth-order valence-corrected chi connectivity index (χ4v) is 0.932. The summed E-state index contributed by atoms with van der Waals surface area (Å²) in [6, 6.07) is 0. The molecular formula is C5H5Cl2F3O. The van der Waals surface area contributed by atoms with Crippen molar-refractivity contribution >= 4 is 23.2 Å². The van der Waals surface area contributed by atoms with Gasteiger partial charge in [0.1, 0.15) is 0 Å². The van der Waals surface area contributed by atoms with Gasteiger partial charge in [0.05, 0.1) is 12.7 Å². The van der Waals surface area contributed by atoms with Crippen molar-refractivity contribution in [2.75, 3.05) is 6.61 Å². The molecule has 0 aromatic heterocycles. The van der Waals surface area contributed by atoms with Crippen LogP contribution < -0.4 is 0 Å². The van der Waals surface area contributed by atoms with Crippen LogP contribution in [0.2, 0.25) is 0 Å². The Morgan fingerprint density at radius 2 is 1.82 bits per heavy atom. The molecule has 1 rings (SSSR count). The number of ether oxygens (including phenoxy) is 1. The van der Waals surface area contributed by atoms with E-state index in [-0.39, 0.29) is 6.42 Å². The number of rotatable bonds is 2. The van der Waals surface area contributed by atoms with Gasteiger partial charge in [-0.05, 0) is 0 Å². The third kappa shape index (κ3) is 2.39. The van der Waals surface area contributed by atoms with Crippen molar-refractivity contribution in [1.82, 2.24) is 0 Å². The SMILES string of the molecule is FC(F)(F)C(Cl)(Cl)CC1CO1. The first-order valence-corrected chi connectivity index (χ1v) is 3.65. The lowest BCUT2D eigenvalue weighted by molar-refractivity contribution is -0.143. The molecule has 0 spiro atoms. The van der Waals surface area contributed by atoms with Gasteiger partial charge in [0.15, 0.2) is 0 Å². The quantitative estimate of drug-likeness (QED) is 0.502. The molecule has 1 aliphatic heterocycles. The van der Waals surface area contributed by atoms with Crippen molar-refractivity contribution in [3.8, 4) is 0 Å². The fraction of sp³-hybridized carbons (Fsp3) is 1.00. The molecule has 0 bridgehead atoms. The van der Waals surface area contributed by atoms with Crippen LogP contribution in [-0.4, -0.2) is 23.2 Å². The highest BCUT2D eigenvalue weighted by Gasteiger charge is 2.55. The van der Waals surface area contributed by atoms with Crippen molar-refractivity contribution in [3.63, 3.8) is 0 Å². The van der Waals surface area contributed by atoms with Gasteiger partial charge < -0.3 is 4.74 Å². The maximum absolute atomic E-state index is 11.9. The van der Waals surface area contributed by atoms with Crippen LogP contribution in [0.1, 0.15) is 6.42 Å². The predicted molar refractivity (Wildman–Crippen MR) is 34.8 cm³/mol. The Labute approximate surface area is 71.4 Å². The van der Waals surface area contributed by atoms with E-state index in [2.05, 4.69) is 4.74 Å². The van der Waals surface area contributed by atoms with Crippen LogP contribution in [0.3, 0.4) is 0 Å². The van der Waals surface area contributed by atoms with Crippen molar-refractivity contribution in [1.29, 1.82) is 0 Å². The molecule has 1 atom stereocenters. The fourth-order valence-electron chi connectivity index (χ4n) is 0.588. The molecule has 6 heteroatoms. The van der Waals surface area contributed by atoms with Gasteiger partial charge in [-0.1, -0.05) is 23.2 Å². The molecule has 0 aromatic carbocycles. The van der Waals surface area contributed by atoms with E-state index in [1.807, 2.05) is 0 Å². The summed E-state index contributed by atoms with van der Waals surface area (Å²) >= 11 is 10.0. The first kappa shape index (κ1) is 9.42. The standard InChI is InChI=1S/C5H5Cl2F3O/c6-4(7,5(8,9)10)1-3-2-11-3/h3H,1-2H2. The van der Waals surface area contributed by atoms with Gasteiger partial charge in [-0.2, -0.15) is 13.2 Å². The van der Waals surface area contributed by atoms with E-state index in [9.17, 15) is 13.2 Å². The van der Waals surface area contributed by atoms with Crippen LogP contribution in [-0.2, 0) is 4.74 Å². The minimum Gasteiger partial charge on any atom is -0.373 e. The van der Waals surface area contributed by atoms with Crippen molar-refractivity contribution < 1.29 is 17.9 Å². The molecule has 0 aliphatic carbocycles. The van der Waals surface area contributed by atoms with Crippen LogP contribution in [0.4, 0.5) is 13.2 Å². The van der Waals surface area contributed by atoms with Gasteiger partial charge in [0.2, 0.25) is 4.33 Å². The Morgan fingerprint density at radius 1 is 1.36 bits per heavy atom. The number of hydrogen-bond donors (Lipinski definition) is 0. The summed E-state index contributed by atoms with van der Waals surface area (Å²) < 4.78 is 37.6. The molecular weight excluding hydrogens is 204 g/mol.